The number of fused-ring (bicyclic) bond motifs is 2. The summed E-state index contributed by atoms with van der Waals surface area (Å²) in [5, 5.41) is -0.538. The maximum Gasteiger partial charge on any atom is 0.468 e. The van der Waals surface area contributed by atoms with Gasteiger partial charge in [0.25, 0.3) is 5.56 Å². The van der Waals surface area contributed by atoms with Gasteiger partial charge in [-0.2, -0.15) is 13.2 Å². The summed E-state index contributed by atoms with van der Waals surface area (Å²) in [7, 11) is 0. The summed E-state index contributed by atoms with van der Waals surface area (Å²) in [6.07, 6.45) is -4.91. The molecule has 3 aromatic rings. The molecular weight excluding hydrogens is 417 g/mol. The summed E-state index contributed by atoms with van der Waals surface area (Å²) in [5.74, 6) is -2.64. The molecule has 0 aliphatic carbocycles. The Bertz CT molecular complexity index is 1120. The van der Waals surface area contributed by atoms with E-state index in [4.69, 9.17) is 27.9 Å². The molecule has 2 aromatic heterocycles. The number of aromatic nitrogens is 3. The Labute approximate surface area is 157 Å². The number of halogens is 6. The highest BCUT2D eigenvalue weighted by Gasteiger charge is 2.39. The van der Waals surface area contributed by atoms with E-state index in [0.717, 1.165) is 6.07 Å². The average Bonchev–Trinajstić information content (AvgIpc) is 3.00. The zero-order valence-electron chi connectivity index (χ0n) is 13.2. The van der Waals surface area contributed by atoms with Gasteiger partial charge in [0, 0.05) is 0 Å². The van der Waals surface area contributed by atoms with Crippen LogP contribution in [0.15, 0.2) is 15.3 Å². The van der Waals surface area contributed by atoms with Crippen LogP contribution in [0.2, 0.25) is 10.2 Å². The third-order valence-corrected chi connectivity index (χ3v) is 4.80. The molecule has 1 aliphatic heterocycles. The van der Waals surface area contributed by atoms with Gasteiger partial charge in [-0.1, -0.05) is 23.2 Å². The van der Waals surface area contributed by atoms with Crippen LogP contribution in [0.1, 0.15) is 5.89 Å². The fourth-order valence-corrected chi connectivity index (χ4v) is 3.56. The van der Waals surface area contributed by atoms with Crippen molar-refractivity contribution < 1.29 is 26.7 Å². The summed E-state index contributed by atoms with van der Waals surface area (Å²) in [4.78, 5) is 16.1. The van der Waals surface area contributed by atoms with E-state index in [-0.39, 0.29) is 37.0 Å². The molecule has 6 nitrogen and oxygen atoms in total. The first-order chi connectivity index (χ1) is 12.7. The molecule has 1 aromatic carbocycles. The second-order valence-electron chi connectivity index (χ2n) is 5.74. The van der Waals surface area contributed by atoms with Gasteiger partial charge in [-0.3, -0.25) is 9.48 Å². The number of hydrogen-bond acceptors (Lipinski definition) is 4. The number of rotatable bonds is 1. The first-order valence-corrected chi connectivity index (χ1v) is 8.38. The topological polar surface area (TPSA) is 62.2 Å². The fourth-order valence-electron chi connectivity index (χ4n) is 2.99. The van der Waals surface area contributed by atoms with Crippen molar-refractivity contribution >= 4 is 34.3 Å². The summed E-state index contributed by atoms with van der Waals surface area (Å²) in [5.41, 5.74) is -2.48. The van der Waals surface area contributed by atoms with Crippen molar-refractivity contribution in [3.05, 3.63) is 38.3 Å². The third kappa shape index (κ3) is 2.82. The minimum absolute atomic E-state index is 0.135. The van der Waals surface area contributed by atoms with Crippen LogP contribution in [-0.4, -0.2) is 27.6 Å². The van der Waals surface area contributed by atoms with Crippen LogP contribution >= 0.6 is 23.2 Å². The molecule has 0 N–H and O–H groups in total. The molecule has 0 saturated carbocycles. The van der Waals surface area contributed by atoms with Gasteiger partial charge in [-0.15, -0.1) is 0 Å². The molecule has 144 valence electrons. The molecule has 1 aliphatic rings. The van der Waals surface area contributed by atoms with Gasteiger partial charge in [0.15, 0.2) is 5.58 Å². The maximum absolute atomic E-state index is 14.7. The number of alkyl halides is 3. The molecule has 0 saturated heterocycles. The van der Waals surface area contributed by atoms with E-state index < -0.39 is 45.1 Å². The summed E-state index contributed by atoms with van der Waals surface area (Å²) < 4.78 is 66.2. The molecule has 0 unspecified atom stereocenters. The third-order valence-electron chi connectivity index (χ3n) is 4.13. The van der Waals surface area contributed by atoms with Crippen molar-refractivity contribution in [3.8, 4) is 11.1 Å². The first kappa shape index (κ1) is 18.3. The zero-order chi connectivity index (χ0) is 19.5. The molecule has 12 heteroatoms. The van der Waals surface area contributed by atoms with E-state index in [1.54, 1.807) is 0 Å². The molecule has 4 rings (SSSR count). The van der Waals surface area contributed by atoms with E-state index >= 15 is 0 Å². The van der Waals surface area contributed by atoms with Crippen molar-refractivity contribution in [2.75, 3.05) is 13.2 Å². The number of benzene rings is 1. The highest BCUT2D eigenvalue weighted by Crippen LogP contribution is 2.40. The van der Waals surface area contributed by atoms with Gasteiger partial charge >= 0.3 is 12.1 Å². The van der Waals surface area contributed by atoms with Gasteiger partial charge in [0.2, 0.25) is 0 Å². The monoisotopic (exact) mass is 425 g/mol. The van der Waals surface area contributed by atoms with Gasteiger partial charge in [0.05, 0.1) is 42.5 Å². The lowest BCUT2D eigenvalue weighted by Gasteiger charge is -2.06. The molecule has 27 heavy (non-hydrogen) atoms. The Kier molecular flexibility index (Phi) is 4.24. The SMILES string of the molecule is O=c1c(-c2c(F)cc(Cl)c3oc(C(F)(F)F)nc23)c(Cl)n2n1CCOCC2. The van der Waals surface area contributed by atoms with Crippen molar-refractivity contribution in [2.45, 2.75) is 19.3 Å². The normalized spacial score (nSPS) is 15.2. The Balaban J connectivity index is 2.06. The highest BCUT2D eigenvalue weighted by molar-refractivity contribution is 6.36. The fraction of sp³-hybridized carbons (Fsp3) is 0.333. The minimum atomic E-state index is -4.91. The Morgan fingerprint density at radius 3 is 2.44 bits per heavy atom. The second kappa shape index (κ2) is 6.25. The van der Waals surface area contributed by atoms with E-state index in [2.05, 4.69) is 9.40 Å². The Morgan fingerprint density at radius 2 is 1.78 bits per heavy atom. The smallest absolute Gasteiger partial charge is 0.431 e. The van der Waals surface area contributed by atoms with Gasteiger partial charge in [0.1, 0.15) is 16.5 Å². The van der Waals surface area contributed by atoms with E-state index in [1.165, 1.54) is 9.36 Å². The van der Waals surface area contributed by atoms with Crippen molar-refractivity contribution in [1.29, 1.82) is 0 Å². The Hall–Kier alpha value is -2.04. The quantitative estimate of drug-likeness (QED) is 0.553. The van der Waals surface area contributed by atoms with Gasteiger partial charge in [-0.25, -0.2) is 14.1 Å². The zero-order valence-corrected chi connectivity index (χ0v) is 14.8. The second-order valence-corrected chi connectivity index (χ2v) is 6.50. The van der Waals surface area contributed by atoms with Crippen LogP contribution in [0.5, 0.6) is 0 Å². The first-order valence-electron chi connectivity index (χ1n) is 7.63. The lowest BCUT2D eigenvalue weighted by molar-refractivity contribution is -0.156. The summed E-state index contributed by atoms with van der Waals surface area (Å²) in [6, 6.07) is 0.761. The maximum atomic E-state index is 14.7. The summed E-state index contributed by atoms with van der Waals surface area (Å²) in [6.45, 7) is 0.886. The molecule has 0 amide bonds. The molecule has 0 fully saturated rings. The molecule has 0 atom stereocenters. The highest BCUT2D eigenvalue weighted by atomic mass is 35.5. The molecular formula is C15H9Cl2F4N3O3. The Morgan fingerprint density at radius 1 is 1.11 bits per heavy atom. The van der Waals surface area contributed by atoms with E-state index in [1.807, 2.05) is 0 Å². The van der Waals surface area contributed by atoms with E-state index in [9.17, 15) is 22.4 Å². The van der Waals surface area contributed by atoms with Crippen LogP contribution in [-0.2, 0) is 24.0 Å². The number of nitrogens with zero attached hydrogens (tertiary/aromatic N) is 3. The largest absolute Gasteiger partial charge is 0.468 e. The van der Waals surface area contributed by atoms with Crippen LogP contribution in [0, 0.1) is 5.82 Å². The predicted octanol–water partition coefficient (Wildman–Crippen LogP) is 3.95. The predicted molar refractivity (Wildman–Crippen MR) is 87.5 cm³/mol. The lowest BCUT2D eigenvalue weighted by atomic mass is 10.1. The number of ether oxygens (including phenoxy) is 1. The number of oxazole rings is 1. The molecule has 0 spiro atoms. The minimum Gasteiger partial charge on any atom is -0.431 e. The van der Waals surface area contributed by atoms with Crippen LogP contribution in [0.3, 0.4) is 0 Å². The van der Waals surface area contributed by atoms with Gasteiger partial charge < -0.3 is 9.15 Å². The molecule has 0 bridgehead atoms. The molecule has 0 radical (unpaired) electrons. The van der Waals surface area contributed by atoms with Crippen molar-refractivity contribution in [2.24, 2.45) is 0 Å². The van der Waals surface area contributed by atoms with Crippen molar-refractivity contribution in [1.82, 2.24) is 14.3 Å². The van der Waals surface area contributed by atoms with E-state index in [0.29, 0.717) is 0 Å². The molecule has 3 heterocycles. The lowest BCUT2D eigenvalue weighted by Crippen LogP contribution is -2.23. The van der Waals surface area contributed by atoms with Crippen molar-refractivity contribution in [3.63, 3.8) is 0 Å². The number of hydrogen-bond donors (Lipinski definition) is 0. The summed E-state index contributed by atoms with van der Waals surface area (Å²) >= 11 is 12.1. The van der Waals surface area contributed by atoms with Crippen LogP contribution in [0.25, 0.3) is 22.2 Å². The van der Waals surface area contributed by atoms with Crippen LogP contribution < -0.4 is 5.56 Å². The standard InChI is InChI=1S/C15H9Cl2F4N3O3/c16-6-5-7(18)8(10-11(6)27-14(22-10)15(19,20)21)9-12(17)23-1-3-26-4-2-24(23)13(9)25/h5H,1-4H2. The van der Waals surface area contributed by atoms with Gasteiger partial charge in [-0.05, 0) is 6.07 Å². The average molecular weight is 426 g/mol. The van der Waals surface area contributed by atoms with Crippen LogP contribution in [0.4, 0.5) is 17.6 Å².